The molecule has 0 bridgehead atoms. The minimum atomic E-state index is -0.997. The average molecular weight is 862 g/mol. The minimum Gasteiger partial charge on any atom is -0.366 e. The summed E-state index contributed by atoms with van der Waals surface area (Å²) in [7, 11) is 0. The van der Waals surface area contributed by atoms with Gasteiger partial charge in [-0.05, 0) is 95.5 Å². The third kappa shape index (κ3) is 6.74. The number of benzene rings is 1. The quantitative estimate of drug-likeness (QED) is 0.302. The highest BCUT2D eigenvalue weighted by Crippen LogP contribution is 2.39. The van der Waals surface area contributed by atoms with Gasteiger partial charge in [-0.1, -0.05) is 0 Å². The van der Waals surface area contributed by atoms with Crippen LogP contribution in [0.25, 0.3) is 0 Å². The molecule has 0 aliphatic carbocycles. The molecule has 14 heteroatoms. The second-order valence-corrected chi connectivity index (χ2v) is 13.1. The standard InChI is InChI=1S/C22H27ClI3N3O7/c1-21(2)33-7-9(35-21)5-11(23)20(32)29(6-10-8-34-22(3,4)36-10)17-15(25)12(18(27)30)14(24)13(16(17)26)19(28)31/h9-11H,5-8H2,1-4H3,(H2,27,30)(H2,28,31). The van der Waals surface area contributed by atoms with Gasteiger partial charge in [0.1, 0.15) is 11.5 Å². The Bertz CT molecular complexity index is 1040. The van der Waals surface area contributed by atoms with Crippen LogP contribution < -0.4 is 16.4 Å². The van der Waals surface area contributed by atoms with Gasteiger partial charge in [-0.2, -0.15) is 0 Å². The highest BCUT2D eigenvalue weighted by atomic mass is 127. The highest BCUT2D eigenvalue weighted by Gasteiger charge is 2.40. The van der Waals surface area contributed by atoms with Crippen LogP contribution in [-0.4, -0.2) is 66.6 Å². The summed E-state index contributed by atoms with van der Waals surface area (Å²) in [6.07, 6.45) is -0.676. The number of rotatable bonds is 8. The van der Waals surface area contributed by atoms with E-state index < -0.39 is 40.8 Å². The van der Waals surface area contributed by atoms with Crippen LogP contribution in [0.2, 0.25) is 0 Å². The predicted molar refractivity (Wildman–Crippen MR) is 158 cm³/mol. The molecule has 2 heterocycles. The van der Waals surface area contributed by atoms with Crippen LogP contribution in [0.3, 0.4) is 0 Å². The van der Waals surface area contributed by atoms with Crippen LogP contribution in [0.4, 0.5) is 5.69 Å². The van der Waals surface area contributed by atoms with Gasteiger partial charge in [0.05, 0.1) is 49.8 Å². The first kappa shape index (κ1) is 30.5. The van der Waals surface area contributed by atoms with Crippen LogP contribution in [0.1, 0.15) is 54.8 Å². The maximum absolute atomic E-state index is 13.9. The van der Waals surface area contributed by atoms with Crippen molar-refractivity contribution in [3.63, 3.8) is 0 Å². The number of hydrogen-bond acceptors (Lipinski definition) is 7. The molecular formula is C22H27ClI3N3O7. The lowest BCUT2D eigenvalue weighted by atomic mass is 10.1. The molecule has 3 amide bonds. The van der Waals surface area contributed by atoms with Gasteiger partial charge in [0.2, 0.25) is 5.91 Å². The topological polar surface area (TPSA) is 143 Å². The molecule has 2 saturated heterocycles. The Morgan fingerprint density at radius 3 is 1.75 bits per heavy atom. The molecule has 2 aliphatic heterocycles. The Kier molecular flexibility index (Phi) is 9.82. The number of carbonyl (C=O) groups is 3. The van der Waals surface area contributed by atoms with E-state index in [4.69, 9.17) is 42.0 Å². The molecule has 4 N–H and O–H groups in total. The highest BCUT2D eigenvalue weighted by molar-refractivity contribution is 14.1. The lowest BCUT2D eigenvalue weighted by Gasteiger charge is -2.31. The third-order valence-corrected chi connectivity index (χ3v) is 9.13. The fourth-order valence-corrected chi connectivity index (χ4v) is 9.18. The van der Waals surface area contributed by atoms with Gasteiger partial charge < -0.3 is 35.3 Å². The van der Waals surface area contributed by atoms with Gasteiger partial charge in [-0.15, -0.1) is 11.6 Å². The minimum absolute atomic E-state index is 0.0575. The number of hydrogen-bond donors (Lipinski definition) is 2. The van der Waals surface area contributed by atoms with Crippen LogP contribution in [-0.2, 0) is 23.7 Å². The van der Waals surface area contributed by atoms with Crippen molar-refractivity contribution in [2.24, 2.45) is 11.5 Å². The van der Waals surface area contributed by atoms with Gasteiger partial charge in [-0.25, -0.2) is 0 Å². The summed E-state index contributed by atoms with van der Waals surface area (Å²) in [6.45, 7) is 7.72. The molecule has 1 aromatic carbocycles. The van der Waals surface area contributed by atoms with E-state index in [0.717, 1.165) is 0 Å². The molecule has 36 heavy (non-hydrogen) atoms. The number of primary amides is 2. The van der Waals surface area contributed by atoms with Gasteiger partial charge in [-0.3, -0.25) is 14.4 Å². The largest absolute Gasteiger partial charge is 0.366 e. The maximum Gasteiger partial charge on any atom is 0.250 e. The van der Waals surface area contributed by atoms with E-state index >= 15 is 0 Å². The van der Waals surface area contributed by atoms with E-state index in [0.29, 0.717) is 23.0 Å². The van der Waals surface area contributed by atoms with Gasteiger partial charge >= 0.3 is 0 Å². The molecule has 2 fully saturated rings. The first-order chi connectivity index (χ1) is 16.5. The van der Waals surface area contributed by atoms with Crippen LogP contribution in [0.15, 0.2) is 0 Å². The van der Waals surface area contributed by atoms with Crippen molar-refractivity contribution >= 4 is 103 Å². The Hall–Kier alpha value is -0.0500. The van der Waals surface area contributed by atoms with E-state index in [1.54, 1.807) is 27.7 Å². The lowest BCUT2D eigenvalue weighted by molar-refractivity contribution is -0.140. The number of nitrogens with zero attached hydrogens (tertiary/aromatic N) is 1. The third-order valence-electron chi connectivity index (χ3n) is 5.58. The first-order valence-corrected chi connectivity index (χ1v) is 14.6. The predicted octanol–water partition coefficient (Wildman–Crippen LogP) is 3.33. The number of amides is 3. The van der Waals surface area contributed by atoms with Gasteiger partial charge in [0.25, 0.3) is 11.8 Å². The Morgan fingerprint density at radius 2 is 1.36 bits per heavy atom. The zero-order valence-electron chi connectivity index (χ0n) is 20.0. The zero-order valence-corrected chi connectivity index (χ0v) is 27.3. The molecule has 3 atom stereocenters. The molecule has 3 unspecified atom stereocenters. The molecule has 0 radical (unpaired) electrons. The molecule has 10 nitrogen and oxygen atoms in total. The normalized spacial score (nSPS) is 23.4. The van der Waals surface area contributed by atoms with Crippen LogP contribution in [0, 0.1) is 10.7 Å². The monoisotopic (exact) mass is 861 g/mol. The van der Waals surface area contributed by atoms with Crippen molar-refractivity contribution in [2.45, 2.75) is 63.3 Å². The van der Waals surface area contributed by atoms with E-state index in [2.05, 4.69) is 0 Å². The molecule has 3 rings (SSSR count). The summed E-state index contributed by atoms with van der Waals surface area (Å²) in [5.74, 6) is -3.55. The number of halogens is 4. The van der Waals surface area contributed by atoms with Crippen molar-refractivity contribution in [1.82, 2.24) is 0 Å². The first-order valence-electron chi connectivity index (χ1n) is 10.9. The summed E-state index contributed by atoms with van der Waals surface area (Å²) in [6, 6.07) is 0. The maximum atomic E-state index is 13.9. The lowest BCUT2D eigenvalue weighted by Crippen LogP contribution is -2.45. The second-order valence-electron chi connectivity index (χ2n) is 9.32. The van der Waals surface area contributed by atoms with Crippen molar-refractivity contribution in [3.8, 4) is 0 Å². The zero-order chi connectivity index (χ0) is 27.2. The Balaban J connectivity index is 2.07. The van der Waals surface area contributed by atoms with E-state index in [-0.39, 0.29) is 36.8 Å². The molecule has 1 aromatic rings. The van der Waals surface area contributed by atoms with Crippen molar-refractivity contribution in [1.29, 1.82) is 0 Å². The fourth-order valence-electron chi connectivity index (χ4n) is 4.05. The molecule has 0 saturated carbocycles. The Labute approximate surface area is 255 Å². The van der Waals surface area contributed by atoms with Crippen LogP contribution >= 0.6 is 79.4 Å². The van der Waals surface area contributed by atoms with E-state index in [1.165, 1.54) is 4.90 Å². The van der Waals surface area contributed by atoms with Gasteiger partial charge in [0, 0.05) is 9.99 Å². The number of anilines is 1. The summed E-state index contributed by atoms with van der Waals surface area (Å²) < 4.78 is 24.2. The molecule has 0 aromatic heterocycles. The van der Waals surface area contributed by atoms with E-state index in [1.807, 2.05) is 67.8 Å². The number of carbonyl (C=O) groups excluding carboxylic acids is 3. The SMILES string of the molecule is CC1(C)OCC(CC(Cl)C(=O)N(CC2COC(C)(C)O2)c2c(I)c(C(N)=O)c(I)c(C(N)=O)c2I)O1. The molecule has 2 aliphatic rings. The van der Waals surface area contributed by atoms with Crippen molar-refractivity contribution in [3.05, 3.63) is 21.8 Å². The molecule has 0 spiro atoms. The summed E-state index contributed by atoms with van der Waals surface area (Å²) in [5.41, 5.74) is 11.8. The molecular weight excluding hydrogens is 834 g/mol. The Morgan fingerprint density at radius 1 is 0.917 bits per heavy atom. The fraction of sp³-hybridized carbons (Fsp3) is 0.591. The molecule has 200 valence electrons. The van der Waals surface area contributed by atoms with Crippen molar-refractivity contribution in [2.75, 3.05) is 24.7 Å². The number of ether oxygens (including phenoxy) is 4. The van der Waals surface area contributed by atoms with E-state index in [9.17, 15) is 14.4 Å². The number of alkyl halides is 1. The van der Waals surface area contributed by atoms with Gasteiger partial charge in [0.15, 0.2) is 11.6 Å². The van der Waals surface area contributed by atoms with Crippen molar-refractivity contribution < 1.29 is 33.3 Å². The number of nitrogens with two attached hydrogens (primary N) is 2. The smallest absolute Gasteiger partial charge is 0.250 e. The summed E-state index contributed by atoms with van der Waals surface area (Å²) in [4.78, 5) is 40.0. The average Bonchev–Trinajstić information content (AvgIpc) is 3.25. The second kappa shape index (κ2) is 11.6. The van der Waals surface area contributed by atoms with Crippen LogP contribution in [0.5, 0.6) is 0 Å². The summed E-state index contributed by atoms with van der Waals surface area (Å²) >= 11 is 12.4. The summed E-state index contributed by atoms with van der Waals surface area (Å²) in [5, 5.41) is -0.997.